The molecule has 0 aliphatic carbocycles. The highest BCUT2D eigenvalue weighted by Gasteiger charge is 2.05. The van der Waals surface area contributed by atoms with Gasteiger partial charge < -0.3 is 20.5 Å². The summed E-state index contributed by atoms with van der Waals surface area (Å²) >= 11 is 0. The second-order valence-corrected chi connectivity index (χ2v) is 6.13. The second-order valence-electron chi connectivity index (χ2n) is 6.13. The van der Waals surface area contributed by atoms with E-state index in [9.17, 15) is 4.79 Å². The van der Waals surface area contributed by atoms with Gasteiger partial charge in [0.2, 0.25) is 0 Å². The third kappa shape index (κ3) is 12.6. The van der Waals surface area contributed by atoms with Crippen LogP contribution in [-0.2, 0) is 4.74 Å². The molecule has 28 heavy (non-hydrogen) atoms. The van der Waals surface area contributed by atoms with Crippen molar-refractivity contribution in [3.63, 3.8) is 0 Å². The van der Waals surface area contributed by atoms with Crippen molar-refractivity contribution in [1.82, 2.24) is 9.80 Å². The van der Waals surface area contributed by atoms with Crippen molar-refractivity contribution in [3.05, 3.63) is 66.2 Å². The van der Waals surface area contributed by atoms with Crippen LogP contribution in [0.25, 0.3) is 0 Å². The summed E-state index contributed by atoms with van der Waals surface area (Å²) in [6.07, 6.45) is 1.34. The van der Waals surface area contributed by atoms with E-state index in [1.54, 1.807) is 29.0 Å². The Hall–Kier alpha value is -2.74. The number of aliphatic hydroxyl groups is 1. The lowest BCUT2D eigenvalue weighted by molar-refractivity contribution is -0.0401. The molecule has 0 fully saturated rings. The molecule has 0 heterocycles. The molecule has 1 atom stereocenters. The second kappa shape index (κ2) is 15.3. The quantitative estimate of drug-likeness (QED) is 0.353. The number of methoxy groups -OCH3 is 1. The Morgan fingerprint density at radius 2 is 1.57 bits per heavy atom. The van der Waals surface area contributed by atoms with Crippen LogP contribution in [-0.4, -0.2) is 75.3 Å². The molecular formula is C21H32N4O3. The van der Waals surface area contributed by atoms with Crippen LogP contribution in [0.4, 0.5) is 5.69 Å². The first kappa shape index (κ1) is 25.3. The average molecular weight is 389 g/mol. The molecule has 2 aromatic carbocycles. The summed E-state index contributed by atoms with van der Waals surface area (Å²) in [6, 6.07) is 18.5. The van der Waals surface area contributed by atoms with E-state index in [2.05, 4.69) is 4.99 Å². The number of benzene rings is 2. The number of carbonyl (C=O) groups excluding carboxylic acids is 1. The number of hydrogen-bond donors (Lipinski definition) is 2. The highest BCUT2D eigenvalue weighted by atomic mass is 16.5. The fourth-order valence-electron chi connectivity index (χ4n) is 1.72. The first-order valence-electron chi connectivity index (χ1n) is 8.72. The van der Waals surface area contributed by atoms with Crippen LogP contribution < -0.4 is 5.73 Å². The summed E-state index contributed by atoms with van der Waals surface area (Å²) in [5, 5.41) is 8.53. The minimum Gasteiger partial charge on any atom is -0.399 e. The Morgan fingerprint density at radius 1 is 1.07 bits per heavy atom. The molecule has 0 aliphatic rings. The topological polar surface area (TPSA) is 91.4 Å². The van der Waals surface area contributed by atoms with Gasteiger partial charge in [0.05, 0.1) is 12.9 Å². The standard InChI is InChI=1S/C10H12N2O.C6H7N.C5H13NO2/c1-12(2)8-11-10(13)9-6-4-3-5-7-9;7-6-4-2-1-3-5-6;1-6(2)5(4-7)8-3/h3-8H,1-2H3;1-5H,7H2;5,7H,4H2,1-3H3. The van der Waals surface area contributed by atoms with Gasteiger partial charge in [0.25, 0.3) is 5.91 Å². The largest absolute Gasteiger partial charge is 0.399 e. The molecule has 0 spiro atoms. The van der Waals surface area contributed by atoms with Crippen molar-refractivity contribution < 1.29 is 14.6 Å². The normalized spacial score (nSPS) is 11.1. The molecule has 0 bridgehead atoms. The predicted molar refractivity (Wildman–Crippen MR) is 115 cm³/mol. The Bertz CT molecular complexity index is 658. The van der Waals surface area contributed by atoms with E-state index in [0.29, 0.717) is 5.56 Å². The highest BCUT2D eigenvalue weighted by molar-refractivity contribution is 5.98. The molecule has 0 saturated carbocycles. The number of aliphatic imine (C=N–C) groups is 1. The minimum absolute atomic E-state index is 0.0451. The number of rotatable bonds is 5. The average Bonchev–Trinajstić information content (AvgIpc) is 2.69. The summed E-state index contributed by atoms with van der Waals surface area (Å²) < 4.78 is 4.84. The molecule has 2 aromatic rings. The Balaban J connectivity index is 0.000000418. The van der Waals surface area contributed by atoms with Crippen LogP contribution >= 0.6 is 0 Å². The summed E-state index contributed by atoms with van der Waals surface area (Å²) in [5.41, 5.74) is 6.79. The van der Waals surface area contributed by atoms with Crippen molar-refractivity contribution in [3.8, 4) is 0 Å². The van der Waals surface area contributed by atoms with Gasteiger partial charge >= 0.3 is 0 Å². The van der Waals surface area contributed by atoms with Gasteiger partial charge in [-0.1, -0.05) is 36.4 Å². The van der Waals surface area contributed by atoms with E-state index in [0.717, 1.165) is 5.69 Å². The molecule has 7 nitrogen and oxygen atoms in total. The van der Waals surface area contributed by atoms with Crippen LogP contribution in [0.5, 0.6) is 0 Å². The first-order valence-corrected chi connectivity index (χ1v) is 8.72. The lowest BCUT2D eigenvalue weighted by atomic mass is 10.2. The maximum absolute atomic E-state index is 11.3. The van der Waals surface area contributed by atoms with Crippen molar-refractivity contribution >= 4 is 17.9 Å². The Morgan fingerprint density at radius 3 is 1.86 bits per heavy atom. The predicted octanol–water partition coefficient (Wildman–Crippen LogP) is 2.20. The van der Waals surface area contributed by atoms with E-state index in [4.69, 9.17) is 15.6 Å². The van der Waals surface area contributed by atoms with Crippen LogP contribution in [0.3, 0.4) is 0 Å². The zero-order valence-corrected chi connectivity index (χ0v) is 17.3. The van der Waals surface area contributed by atoms with E-state index in [-0.39, 0.29) is 18.7 Å². The first-order chi connectivity index (χ1) is 13.3. The van der Waals surface area contributed by atoms with Crippen LogP contribution in [0, 0.1) is 0 Å². The molecule has 0 radical (unpaired) electrons. The molecule has 0 saturated heterocycles. The maximum atomic E-state index is 11.3. The molecule has 154 valence electrons. The Kier molecular flexibility index (Phi) is 13.8. The number of likely N-dealkylation sites (N-methyl/N-ethyl adjacent to an activating group) is 1. The molecule has 3 N–H and O–H groups in total. The SMILES string of the molecule is CN(C)C=NC(=O)c1ccccc1.COC(CO)N(C)C.Nc1ccccc1. The number of nitrogen functional groups attached to an aromatic ring is 1. The van der Waals surface area contributed by atoms with Gasteiger partial charge in [0.15, 0.2) is 0 Å². The number of aliphatic hydroxyl groups excluding tert-OH is 1. The van der Waals surface area contributed by atoms with Gasteiger partial charge in [0, 0.05) is 32.5 Å². The smallest absolute Gasteiger partial charge is 0.278 e. The van der Waals surface area contributed by atoms with Crippen LogP contribution in [0.1, 0.15) is 10.4 Å². The van der Waals surface area contributed by atoms with Gasteiger partial charge in [-0.15, -0.1) is 0 Å². The van der Waals surface area contributed by atoms with Crippen LogP contribution in [0.2, 0.25) is 0 Å². The van der Waals surface area contributed by atoms with Gasteiger partial charge in [0.1, 0.15) is 6.23 Å². The Labute approximate surface area is 168 Å². The van der Waals surface area contributed by atoms with E-state index in [1.807, 2.05) is 76.7 Å². The minimum atomic E-state index is -0.214. The summed E-state index contributed by atoms with van der Waals surface area (Å²) in [4.78, 5) is 18.6. The summed E-state index contributed by atoms with van der Waals surface area (Å²) in [7, 11) is 8.92. The fraction of sp³-hybridized carbons (Fsp3) is 0.333. The van der Waals surface area contributed by atoms with Crippen molar-refractivity contribution in [2.45, 2.75) is 6.23 Å². The summed E-state index contributed by atoms with van der Waals surface area (Å²) in [6.45, 7) is 0.0451. The number of amides is 1. The number of para-hydroxylation sites is 1. The van der Waals surface area contributed by atoms with Gasteiger partial charge in [-0.2, -0.15) is 4.99 Å². The highest BCUT2D eigenvalue weighted by Crippen LogP contribution is 1.99. The molecule has 0 aliphatic heterocycles. The van der Waals surface area contributed by atoms with Crippen molar-refractivity contribution in [2.75, 3.05) is 47.6 Å². The van der Waals surface area contributed by atoms with E-state index < -0.39 is 0 Å². The molecule has 1 unspecified atom stereocenters. The molecule has 1 amide bonds. The van der Waals surface area contributed by atoms with E-state index in [1.165, 1.54) is 6.34 Å². The number of nitrogens with zero attached hydrogens (tertiary/aromatic N) is 3. The number of carbonyl (C=O) groups is 1. The maximum Gasteiger partial charge on any atom is 0.278 e. The lowest BCUT2D eigenvalue weighted by Gasteiger charge is -2.19. The monoisotopic (exact) mass is 388 g/mol. The molecule has 7 heteroatoms. The molecule has 0 aromatic heterocycles. The molecule has 2 rings (SSSR count). The lowest BCUT2D eigenvalue weighted by Crippen LogP contribution is -2.32. The van der Waals surface area contributed by atoms with Crippen molar-refractivity contribution in [1.29, 1.82) is 0 Å². The third-order valence-electron chi connectivity index (χ3n) is 3.23. The molecular weight excluding hydrogens is 356 g/mol. The number of anilines is 1. The van der Waals surface area contributed by atoms with Gasteiger partial charge in [-0.25, -0.2) is 0 Å². The summed E-state index contributed by atoms with van der Waals surface area (Å²) in [5.74, 6) is -0.214. The van der Waals surface area contributed by atoms with E-state index >= 15 is 0 Å². The fourth-order valence-corrected chi connectivity index (χ4v) is 1.72. The zero-order valence-electron chi connectivity index (χ0n) is 17.3. The number of hydrogen-bond acceptors (Lipinski definition) is 5. The number of ether oxygens (including phenoxy) is 1. The number of nitrogens with two attached hydrogens (primary N) is 1. The van der Waals surface area contributed by atoms with Crippen molar-refractivity contribution in [2.24, 2.45) is 4.99 Å². The van der Waals surface area contributed by atoms with Gasteiger partial charge in [-0.3, -0.25) is 9.69 Å². The third-order valence-corrected chi connectivity index (χ3v) is 3.23. The zero-order chi connectivity index (χ0) is 21.4. The van der Waals surface area contributed by atoms with Crippen LogP contribution in [0.15, 0.2) is 65.7 Å². The van der Waals surface area contributed by atoms with Gasteiger partial charge in [-0.05, 0) is 38.4 Å².